The van der Waals surface area contributed by atoms with Crippen LogP contribution in [0.15, 0.2) is 12.3 Å². The molecule has 6 nitrogen and oxygen atoms in total. The third-order valence-corrected chi connectivity index (χ3v) is 5.97. The molecular formula is C19H27ClN4O2. The predicted octanol–water partition coefficient (Wildman–Crippen LogP) is 2.84. The van der Waals surface area contributed by atoms with Gasteiger partial charge >= 0.3 is 0 Å². The lowest BCUT2D eigenvalue weighted by atomic mass is 9.86. The maximum absolute atomic E-state index is 12.1. The molecule has 2 saturated heterocycles. The number of aromatic nitrogens is 1. The van der Waals surface area contributed by atoms with Crippen LogP contribution >= 0.6 is 11.6 Å². The van der Waals surface area contributed by atoms with E-state index in [1.165, 1.54) is 19.0 Å². The fourth-order valence-electron chi connectivity index (χ4n) is 4.31. The van der Waals surface area contributed by atoms with Gasteiger partial charge in [0.2, 0.25) is 11.8 Å². The lowest BCUT2D eigenvalue weighted by Gasteiger charge is -2.41. The van der Waals surface area contributed by atoms with Crippen LogP contribution in [0.25, 0.3) is 0 Å². The molecule has 2 aliphatic rings. The summed E-state index contributed by atoms with van der Waals surface area (Å²) < 4.78 is 0. The fraction of sp³-hybridized carbons (Fsp3) is 0.632. The van der Waals surface area contributed by atoms with Crippen LogP contribution in [0.3, 0.4) is 0 Å². The van der Waals surface area contributed by atoms with E-state index in [-0.39, 0.29) is 5.91 Å². The van der Waals surface area contributed by atoms with E-state index < -0.39 is 5.91 Å². The van der Waals surface area contributed by atoms with Crippen LogP contribution in [0.4, 0.5) is 5.82 Å². The molecule has 0 saturated carbocycles. The van der Waals surface area contributed by atoms with E-state index in [1.807, 2.05) is 0 Å². The molecule has 1 atom stereocenters. The highest BCUT2D eigenvalue weighted by Crippen LogP contribution is 2.33. The van der Waals surface area contributed by atoms with Gasteiger partial charge in [0.15, 0.2) is 0 Å². The monoisotopic (exact) mass is 378 g/mol. The highest BCUT2D eigenvalue weighted by Gasteiger charge is 2.33. The van der Waals surface area contributed by atoms with Gasteiger partial charge in [-0.1, -0.05) is 24.4 Å². The first-order valence-electron chi connectivity index (χ1n) is 9.45. The smallest absolute Gasteiger partial charge is 0.250 e. The lowest BCUT2D eigenvalue weighted by Crippen LogP contribution is -2.47. The Morgan fingerprint density at radius 1 is 1.15 bits per heavy atom. The van der Waals surface area contributed by atoms with E-state index in [2.05, 4.69) is 14.8 Å². The van der Waals surface area contributed by atoms with Gasteiger partial charge in [0.25, 0.3) is 0 Å². The van der Waals surface area contributed by atoms with Gasteiger partial charge in [0.1, 0.15) is 5.82 Å². The molecule has 0 aliphatic carbocycles. The number of carbonyl (C=O) groups excluding carboxylic acids is 2. The lowest BCUT2D eigenvalue weighted by molar-refractivity contribution is -0.132. The van der Waals surface area contributed by atoms with Crippen molar-refractivity contribution in [3.8, 4) is 0 Å². The van der Waals surface area contributed by atoms with Crippen LogP contribution < -0.4 is 10.6 Å². The van der Waals surface area contributed by atoms with Crippen molar-refractivity contribution in [2.75, 3.05) is 24.5 Å². The number of pyridine rings is 1. The maximum Gasteiger partial charge on any atom is 0.250 e. The van der Waals surface area contributed by atoms with Crippen molar-refractivity contribution in [2.45, 2.75) is 51.5 Å². The Bertz CT molecular complexity index is 674. The zero-order chi connectivity index (χ0) is 18.7. The van der Waals surface area contributed by atoms with Crippen molar-refractivity contribution >= 4 is 29.2 Å². The minimum Gasteiger partial charge on any atom is -0.366 e. The summed E-state index contributed by atoms with van der Waals surface area (Å²) in [6.07, 6.45) is 8.16. The highest BCUT2D eigenvalue weighted by molar-refractivity contribution is 6.33. The second kappa shape index (κ2) is 8.25. The molecule has 26 heavy (non-hydrogen) atoms. The summed E-state index contributed by atoms with van der Waals surface area (Å²) >= 11 is 6.31. The zero-order valence-corrected chi connectivity index (χ0v) is 16.0. The summed E-state index contributed by atoms with van der Waals surface area (Å²) in [5.74, 6) is 0.907. The van der Waals surface area contributed by atoms with Crippen molar-refractivity contribution in [2.24, 2.45) is 11.7 Å². The largest absolute Gasteiger partial charge is 0.366 e. The standard InChI is InChI=1S/C19H27ClN4O2/c1-13(25)24-8-4-2-3-5-17(24)14-6-9-23(10-7-14)19-16(20)11-15(12-22-19)18(21)26/h11-12,14,17H,2-10H2,1H3,(H2,21,26). The predicted molar refractivity (Wildman–Crippen MR) is 102 cm³/mol. The Morgan fingerprint density at radius 3 is 2.50 bits per heavy atom. The highest BCUT2D eigenvalue weighted by atomic mass is 35.5. The third-order valence-electron chi connectivity index (χ3n) is 5.69. The van der Waals surface area contributed by atoms with Gasteiger partial charge < -0.3 is 15.5 Å². The zero-order valence-electron chi connectivity index (χ0n) is 15.3. The topological polar surface area (TPSA) is 79.5 Å². The van der Waals surface area contributed by atoms with Gasteiger partial charge in [0, 0.05) is 38.8 Å². The second-order valence-electron chi connectivity index (χ2n) is 7.35. The van der Waals surface area contributed by atoms with Gasteiger partial charge in [-0.3, -0.25) is 9.59 Å². The number of rotatable bonds is 3. The summed E-state index contributed by atoms with van der Waals surface area (Å²) in [5.41, 5.74) is 5.60. The van der Waals surface area contributed by atoms with Crippen molar-refractivity contribution < 1.29 is 9.59 Å². The molecule has 3 rings (SSSR count). The van der Waals surface area contributed by atoms with E-state index >= 15 is 0 Å². The van der Waals surface area contributed by atoms with Crippen LogP contribution in [0, 0.1) is 5.92 Å². The Labute approximate surface area is 159 Å². The maximum atomic E-state index is 12.1. The van der Waals surface area contributed by atoms with Gasteiger partial charge in [0.05, 0.1) is 10.6 Å². The second-order valence-corrected chi connectivity index (χ2v) is 7.75. The molecule has 2 N–H and O–H groups in total. The van der Waals surface area contributed by atoms with Crippen LogP contribution in [0.5, 0.6) is 0 Å². The summed E-state index contributed by atoms with van der Waals surface area (Å²) in [6, 6.07) is 1.94. The van der Waals surface area contributed by atoms with E-state index in [9.17, 15) is 9.59 Å². The minimum atomic E-state index is -0.526. The molecule has 2 aliphatic heterocycles. The molecule has 2 fully saturated rings. The van der Waals surface area contributed by atoms with Gasteiger partial charge in [-0.05, 0) is 37.7 Å². The number of primary amides is 1. The molecule has 7 heteroatoms. The number of hydrogen-bond acceptors (Lipinski definition) is 4. The number of hydrogen-bond donors (Lipinski definition) is 1. The molecule has 0 bridgehead atoms. The van der Waals surface area contributed by atoms with E-state index in [0.717, 1.165) is 45.3 Å². The number of anilines is 1. The Morgan fingerprint density at radius 2 is 1.88 bits per heavy atom. The minimum absolute atomic E-state index is 0.200. The number of piperidine rings is 1. The van der Waals surface area contributed by atoms with Gasteiger partial charge in [-0.2, -0.15) is 0 Å². The first-order valence-corrected chi connectivity index (χ1v) is 9.82. The molecule has 142 valence electrons. The molecule has 0 spiro atoms. The summed E-state index contributed by atoms with van der Waals surface area (Å²) in [4.78, 5) is 31.9. The van der Waals surface area contributed by atoms with Crippen molar-refractivity contribution in [3.63, 3.8) is 0 Å². The molecule has 0 aromatic carbocycles. The molecule has 2 amide bonds. The summed E-state index contributed by atoms with van der Waals surface area (Å²) in [5, 5.41) is 0.458. The van der Waals surface area contributed by atoms with Gasteiger partial charge in [-0.25, -0.2) is 4.98 Å². The summed E-state index contributed by atoms with van der Waals surface area (Å²) in [6.45, 7) is 4.30. The quantitative estimate of drug-likeness (QED) is 0.877. The normalized spacial score (nSPS) is 22.2. The Hall–Kier alpha value is -1.82. The molecule has 1 unspecified atom stereocenters. The van der Waals surface area contributed by atoms with Crippen molar-refractivity contribution in [1.82, 2.24) is 9.88 Å². The Kier molecular flexibility index (Phi) is 6.01. The Balaban J connectivity index is 1.67. The van der Waals surface area contributed by atoms with Crippen LogP contribution in [0.2, 0.25) is 5.02 Å². The average Bonchev–Trinajstić information content (AvgIpc) is 2.88. The van der Waals surface area contributed by atoms with E-state index in [0.29, 0.717) is 28.4 Å². The number of nitrogens with zero attached hydrogens (tertiary/aromatic N) is 3. The third kappa shape index (κ3) is 4.11. The number of nitrogens with two attached hydrogens (primary N) is 1. The molecule has 3 heterocycles. The first kappa shape index (κ1) is 19.0. The van der Waals surface area contributed by atoms with Gasteiger partial charge in [-0.15, -0.1) is 0 Å². The number of likely N-dealkylation sites (tertiary alicyclic amines) is 1. The van der Waals surface area contributed by atoms with Crippen LogP contribution in [-0.2, 0) is 4.79 Å². The SMILES string of the molecule is CC(=O)N1CCCCCC1C1CCN(c2ncc(C(N)=O)cc2Cl)CC1. The van der Waals surface area contributed by atoms with E-state index in [4.69, 9.17) is 17.3 Å². The van der Waals surface area contributed by atoms with Crippen LogP contribution in [0.1, 0.15) is 55.8 Å². The number of amides is 2. The molecule has 0 radical (unpaired) electrons. The molecule has 1 aromatic heterocycles. The summed E-state index contributed by atoms with van der Waals surface area (Å²) in [7, 11) is 0. The molecular weight excluding hydrogens is 352 g/mol. The fourth-order valence-corrected chi connectivity index (χ4v) is 4.60. The van der Waals surface area contributed by atoms with Crippen LogP contribution in [-0.4, -0.2) is 47.4 Å². The molecule has 1 aromatic rings. The number of carbonyl (C=O) groups is 2. The van der Waals surface area contributed by atoms with Crippen molar-refractivity contribution in [3.05, 3.63) is 22.8 Å². The van der Waals surface area contributed by atoms with Crippen molar-refractivity contribution in [1.29, 1.82) is 0 Å². The first-order chi connectivity index (χ1) is 12.5. The average molecular weight is 379 g/mol. The number of halogens is 1. The van der Waals surface area contributed by atoms with E-state index in [1.54, 1.807) is 13.0 Å².